The van der Waals surface area contributed by atoms with Gasteiger partial charge in [-0.25, -0.2) is 4.98 Å². The molecule has 4 heterocycles. The predicted octanol–water partition coefficient (Wildman–Crippen LogP) is 3.54. The van der Waals surface area contributed by atoms with Gasteiger partial charge < -0.3 is 40.0 Å². The average Bonchev–Trinajstić information content (AvgIpc) is 3.56. The van der Waals surface area contributed by atoms with Crippen LogP contribution in [0.2, 0.25) is 0 Å². The smallest absolute Gasteiger partial charge is 0.270 e. The molecule has 2 aromatic carbocycles. The number of aromatic amines is 1. The lowest BCUT2D eigenvalue weighted by Gasteiger charge is -2.26. The molecule has 0 bridgehead atoms. The minimum atomic E-state index is -0.0515. The molecular weight excluding hydrogens is 512 g/mol. The number of para-hydroxylation sites is 1. The molecule has 40 heavy (non-hydrogen) atoms. The summed E-state index contributed by atoms with van der Waals surface area (Å²) in [4.78, 5) is 27.0. The Kier molecular flexibility index (Phi) is 6.64. The standard InChI is InChI=1S/C29H30N6O5/c1-37-23-12-16(11-17-15-32-29(31)34-27(17)30)20-13-18(40-25(20)26(23)38-2)14-21-19-5-3-4-6-22(19)33-24(21)28(36)35-7-9-39-10-8-35/h3-6,12-13,15,33H,7-11,14H2,1-2H3,(H4,30,31,32,34). The van der Waals surface area contributed by atoms with Gasteiger partial charge in [0.15, 0.2) is 11.3 Å². The molecule has 1 amide bonds. The van der Waals surface area contributed by atoms with Crippen LogP contribution in [-0.4, -0.2) is 66.3 Å². The van der Waals surface area contributed by atoms with Gasteiger partial charge in [-0.2, -0.15) is 4.98 Å². The zero-order valence-electron chi connectivity index (χ0n) is 22.3. The van der Waals surface area contributed by atoms with E-state index in [-0.39, 0.29) is 11.9 Å². The number of carbonyl (C=O) groups is 1. The number of rotatable bonds is 7. The number of aromatic nitrogens is 3. The van der Waals surface area contributed by atoms with E-state index in [2.05, 4.69) is 15.0 Å². The van der Waals surface area contributed by atoms with Crippen LogP contribution in [0.1, 0.15) is 32.9 Å². The third-order valence-corrected chi connectivity index (χ3v) is 7.26. The number of furan rings is 1. The van der Waals surface area contributed by atoms with E-state index in [1.165, 1.54) is 0 Å². The van der Waals surface area contributed by atoms with Crippen molar-refractivity contribution in [3.8, 4) is 11.5 Å². The molecule has 0 unspecified atom stereocenters. The van der Waals surface area contributed by atoms with E-state index in [4.69, 9.17) is 30.1 Å². The van der Waals surface area contributed by atoms with E-state index in [0.717, 1.165) is 33.0 Å². The molecule has 1 saturated heterocycles. The highest BCUT2D eigenvalue weighted by Crippen LogP contribution is 2.41. The predicted molar refractivity (Wildman–Crippen MR) is 151 cm³/mol. The Morgan fingerprint density at radius 1 is 1.05 bits per heavy atom. The number of carbonyl (C=O) groups excluding carboxylic acids is 1. The summed E-state index contributed by atoms with van der Waals surface area (Å²) in [6, 6.07) is 11.8. The first-order chi connectivity index (χ1) is 19.5. The number of nitrogens with two attached hydrogens (primary N) is 2. The van der Waals surface area contributed by atoms with Gasteiger partial charge in [-0.05, 0) is 29.3 Å². The third kappa shape index (κ3) is 4.54. The fraction of sp³-hybridized carbons (Fsp3) is 0.276. The molecule has 1 fully saturated rings. The minimum absolute atomic E-state index is 0.0515. The van der Waals surface area contributed by atoms with Crippen molar-refractivity contribution in [1.82, 2.24) is 19.9 Å². The fourth-order valence-corrected chi connectivity index (χ4v) is 5.28. The average molecular weight is 543 g/mol. The number of hydrogen-bond donors (Lipinski definition) is 3. The lowest BCUT2D eigenvalue weighted by atomic mass is 10.0. The van der Waals surface area contributed by atoms with Crippen molar-refractivity contribution in [3.63, 3.8) is 0 Å². The number of fused-ring (bicyclic) bond motifs is 2. The van der Waals surface area contributed by atoms with E-state index in [1.807, 2.05) is 41.3 Å². The number of H-pyrrole nitrogens is 1. The molecule has 3 aromatic heterocycles. The number of hydrogen-bond acceptors (Lipinski definition) is 9. The summed E-state index contributed by atoms with van der Waals surface area (Å²) in [7, 11) is 3.15. The maximum atomic E-state index is 13.6. The van der Waals surface area contributed by atoms with Crippen LogP contribution in [0.15, 0.2) is 47.0 Å². The van der Waals surface area contributed by atoms with Gasteiger partial charge in [0, 0.05) is 54.0 Å². The second kappa shape index (κ2) is 10.4. The van der Waals surface area contributed by atoms with Crippen LogP contribution >= 0.6 is 0 Å². The molecule has 5 N–H and O–H groups in total. The lowest BCUT2D eigenvalue weighted by Crippen LogP contribution is -2.41. The van der Waals surface area contributed by atoms with Crippen LogP contribution in [0, 0.1) is 0 Å². The van der Waals surface area contributed by atoms with Gasteiger partial charge in [0.05, 0.1) is 27.4 Å². The van der Waals surface area contributed by atoms with Gasteiger partial charge in [-0.3, -0.25) is 4.79 Å². The van der Waals surface area contributed by atoms with Gasteiger partial charge in [-0.1, -0.05) is 18.2 Å². The first-order valence-corrected chi connectivity index (χ1v) is 13.0. The van der Waals surface area contributed by atoms with Crippen molar-refractivity contribution < 1.29 is 23.4 Å². The Bertz CT molecular complexity index is 1720. The SMILES string of the molecule is COc1cc(Cc2cnc(N)nc2N)c2cc(Cc3c(C(=O)N4CCOCC4)[nH]c4ccccc34)oc2c1OC. The number of morpholine rings is 1. The molecule has 6 rings (SSSR count). The Hall–Kier alpha value is -4.77. The van der Waals surface area contributed by atoms with E-state index in [0.29, 0.717) is 73.5 Å². The number of nitrogen functional groups attached to an aromatic ring is 2. The Morgan fingerprint density at radius 3 is 2.60 bits per heavy atom. The first kappa shape index (κ1) is 25.5. The van der Waals surface area contributed by atoms with Crippen molar-refractivity contribution in [2.75, 3.05) is 52.0 Å². The number of nitrogens with one attached hydrogen (secondary N) is 1. The Balaban J connectivity index is 1.45. The second-order valence-corrected chi connectivity index (χ2v) is 9.65. The van der Waals surface area contributed by atoms with Crippen molar-refractivity contribution in [2.24, 2.45) is 0 Å². The zero-order valence-corrected chi connectivity index (χ0v) is 22.3. The summed E-state index contributed by atoms with van der Waals surface area (Å²) in [6.07, 6.45) is 2.44. The molecule has 11 heteroatoms. The van der Waals surface area contributed by atoms with Crippen LogP contribution in [0.3, 0.4) is 0 Å². The van der Waals surface area contributed by atoms with Crippen LogP contribution in [0.4, 0.5) is 11.8 Å². The molecule has 0 aliphatic carbocycles. The van der Waals surface area contributed by atoms with E-state index < -0.39 is 0 Å². The molecule has 206 valence electrons. The van der Waals surface area contributed by atoms with Crippen molar-refractivity contribution in [2.45, 2.75) is 12.8 Å². The topological polar surface area (TPSA) is 155 Å². The van der Waals surface area contributed by atoms with Gasteiger partial charge >= 0.3 is 0 Å². The maximum Gasteiger partial charge on any atom is 0.270 e. The van der Waals surface area contributed by atoms with E-state index in [9.17, 15) is 4.79 Å². The molecule has 1 aliphatic rings. The van der Waals surface area contributed by atoms with Gasteiger partial charge in [-0.15, -0.1) is 0 Å². The monoisotopic (exact) mass is 542 g/mol. The summed E-state index contributed by atoms with van der Waals surface area (Å²) in [5, 5.41) is 1.81. The van der Waals surface area contributed by atoms with E-state index in [1.54, 1.807) is 20.4 Å². The van der Waals surface area contributed by atoms with Gasteiger partial charge in [0.2, 0.25) is 11.7 Å². The van der Waals surface area contributed by atoms with Crippen molar-refractivity contribution in [3.05, 3.63) is 70.7 Å². The van der Waals surface area contributed by atoms with E-state index >= 15 is 0 Å². The molecule has 0 atom stereocenters. The molecule has 1 aliphatic heterocycles. The molecule has 0 radical (unpaired) electrons. The zero-order chi connectivity index (χ0) is 27.8. The van der Waals surface area contributed by atoms with Crippen LogP contribution < -0.4 is 20.9 Å². The minimum Gasteiger partial charge on any atom is -0.493 e. The normalized spacial score (nSPS) is 13.7. The molecule has 11 nitrogen and oxygen atoms in total. The largest absolute Gasteiger partial charge is 0.493 e. The molecular formula is C29H30N6O5. The highest BCUT2D eigenvalue weighted by atomic mass is 16.5. The second-order valence-electron chi connectivity index (χ2n) is 9.65. The van der Waals surface area contributed by atoms with Crippen molar-refractivity contribution in [1.29, 1.82) is 0 Å². The number of anilines is 2. The number of amides is 1. The third-order valence-electron chi connectivity index (χ3n) is 7.26. The van der Waals surface area contributed by atoms with Gasteiger partial charge in [0.1, 0.15) is 17.3 Å². The quantitative estimate of drug-likeness (QED) is 0.280. The number of benzene rings is 2. The first-order valence-electron chi connectivity index (χ1n) is 13.0. The molecule has 0 saturated carbocycles. The molecule has 0 spiro atoms. The van der Waals surface area contributed by atoms with Gasteiger partial charge in [0.25, 0.3) is 5.91 Å². The molecule has 5 aromatic rings. The van der Waals surface area contributed by atoms with Crippen LogP contribution in [0.25, 0.3) is 21.9 Å². The summed E-state index contributed by atoms with van der Waals surface area (Å²) in [6.45, 7) is 2.16. The van der Waals surface area contributed by atoms with Crippen LogP contribution in [-0.2, 0) is 17.6 Å². The maximum absolute atomic E-state index is 13.6. The highest BCUT2D eigenvalue weighted by Gasteiger charge is 2.26. The van der Waals surface area contributed by atoms with Crippen LogP contribution in [0.5, 0.6) is 11.5 Å². The summed E-state index contributed by atoms with van der Waals surface area (Å²) in [5.74, 6) is 2.05. The Labute approximate surface area is 230 Å². The highest BCUT2D eigenvalue weighted by molar-refractivity contribution is 6.01. The summed E-state index contributed by atoms with van der Waals surface area (Å²) < 4.78 is 23.2. The number of ether oxygens (including phenoxy) is 3. The lowest BCUT2D eigenvalue weighted by molar-refractivity contribution is 0.0299. The number of nitrogens with zero attached hydrogens (tertiary/aromatic N) is 3. The fourth-order valence-electron chi connectivity index (χ4n) is 5.28. The Morgan fingerprint density at radius 2 is 1.85 bits per heavy atom. The summed E-state index contributed by atoms with van der Waals surface area (Å²) in [5.41, 5.74) is 16.3. The number of methoxy groups -OCH3 is 2. The summed E-state index contributed by atoms with van der Waals surface area (Å²) >= 11 is 0. The van der Waals surface area contributed by atoms with Crippen molar-refractivity contribution >= 4 is 39.5 Å².